The van der Waals surface area contributed by atoms with Crippen molar-refractivity contribution in [3.05, 3.63) is 34.9 Å². The van der Waals surface area contributed by atoms with Crippen LogP contribution in [0.15, 0.2) is 18.2 Å². The van der Waals surface area contributed by atoms with Crippen LogP contribution in [0.4, 0.5) is 0 Å². The van der Waals surface area contributed by atoms with Gasteiger partial charge in [-0.25, -0.2) is 0 Å². The lowest BCUT2D eigenvalue weighted by atomic mass is 9.49. The van der Waals surface area contributed by atoms with Crippen LogP contribution in [0.3, 0.4) is 0 Å². The fraction of sp³-hybridized carbons (Fsp3) is 0.650. The Hall–Kier alpha value is -1.15. The number of aldehydes is 1. The summed E-state index contributed by atoms with van der Waals surface area (Å²) < 4.78 is 0. The summed E-state index contributed by atoms with van der Waals surface area (Å²) in [6, 6.07) is 6.62. The minimum Gasteiger partial charge on any atom is -0.388 e. The molecule has 1 saturated carbocycles. The largest absolute Gasteiger partial charge is 0.388 e. The number of aliphatic hydroxyl groups is 1. The van der Waals surface area contributed by atoms with E-state index in [2.05, 4.69) is 45.9 Å². The Kier molecular flexibility index (Phi) is 3.71. The number of carbonyl (C=O) groups is 1. The second kappa shape index (κ2) is 5.19. The van der Waals surface area contributed by atoms with Gasteiger partial charge in [0.2, 0.25) is 0 Å². The van der Waals surface area contributed by atoms with E-state index in [-0.39, 0.29) is 16.7 Å². The van der Waals surface area contributed by atoms with Crippen LogP contribution >= 0.6 is 0 Å². The normalized spacial score (nSPS) is 37.5. The van der Waals surface area contributed by atoms with Gasteiger partial charge in [0.15, 0.2) is 0 Å². The van der Waals surface area contributed by atoms with Gasteiger partial charge in [0.05, 0.1) is 6.10 Å². The molecule has 2 aliphatic carbocycles. The van der Waals surface area contributed by atoms with E-state index in [1.54, 1.807) is 0 Å². The average molecular weight is 300 g/mol. The average Bonchev–Trinajstić information content (AvgIpc) is 2.49. The Morgan fingerprint density at radius 2 is 2.00 bits per heavy atom. The molecule has 3 rings (SSSR count). The summed E-state index contributed by atoms with van der Waals surface area (Å²) in [6.07, 6.45) is 4.56. The smallest absolute Gasteiger partial charge is 0.126 e. The maximum absolute atomic E-state index is 11.8. The van der Waals surface area contributed by atoms with Crippen molar-refractivity contribution in [2.45, 2.75) is 70.8 Å². The molecule has 22 heavy (non-hydrogen) atoms. The lowest BCUT2D eigenvalue weighted by Crippen LogP contribution is -2.50. The molecule has 4 atom stereocenters. The van der Waals surface area contributed by atoms with E-state index in [1.165, 1.54) is 11.1 Å². The molecule has 2 aliphatic rings. The molecular weight excluding hydrogens is 272 g/mol. The summed E-state index contributed by atoms with van der Waals surface area (Å²) in [5, 5.41) is 10.7. The standard InChI is InChI=1S/C20H28O2/c1-13(2)14-6-7-16-15(10-14)17(22)11-18-19(3,12-21)8-5-9-20(16,18)4/h6-7,10,12-13,17-18,22H,5,8-9,11H2,1-4H3/t17-,18+,19-,20-/m1/s1. The van der Waals surface area contributed by atoms with Crippen molar-refractivity contribution in [1.82, 2.24) is 0 Å². The lowest BCUT2D eigenvalue weighted by molar-refractivity contribution is -0.124. The quantitative estimate of drug-likeness (QED) is 0.816. The van der Waals surface area contributed by atoms with Gasteiger partial charge in [-0.05, 0) is 53.2 Å². The molecule has 2 nitrogen and oxygen atoms in total. The molecule has 1 aromatic carbocycles. The van der Waals surface area contributed by atoms with Crippen LogP contribution in [-0.2, 0) is 10.2 Å². The second-order valence-electron chi connectivity index (χ2n) is 8.20. The van der Waals surface area contributed by atoms with Crippen molar-refractivity contribution in [2.75, 3.05) is 0 Å². The maximum Gasteiger partial charge on any atom is 0.126 e. The van der Waals surface area contributed by atoms with Gasteiger partial charge in [0.25, 0.3) is 0 Å². The number of hydrogen-bond donors (Lipinski definition) is 1. The second-order valence-corrected chi connectivity index (χ2v) is 8.20. The van der Waals surface area contributed by atoms with Crippen LogP contribution in [0.1, 0.15) is 82.1 Å². The Morgan fingerprint density at radius 3 is 2.64 bits per heavy atom. The zero-order valence-corrected chi connectivity index (χ0v) is 14.2. The SMILES string of the molecule is CC(C)c1ccc2c(c1)[C@H](O)C[C@H]1[C@@](C)(C=O)CCC[C@]21C. The number of benzene rings is 1. The third-order valence-corrected chi connectivity index (χ3v) is 6.42. The minimum absolute atomic E-state index is 0.0119. The molecule has 1 fully saturated rings. The van der Waals surface area contributed by atoms with Crippen molar-refractivity contribution in [2.24, 2.45) is 11.3 Å². The number of fused-ring (bicyclic) bond motifs is 3. The molecule has 0 bridgehead atoms. The first-order valence-electron chi connectivity index (χ1n) is 8.60. The molecule has 2 heteroatoms. The van der Waals surface area contributed by atoms with E-state index in [0.29, 0.717) is 12.3 Å². The van der Waals surface area contributed by atoms with E-state index in [0.717, 1.165) is 31.1 Å². The third kappa shape index (κ3) is 2.15. The molecular formula is C20H28O2. The van der Waals surface area contributed by atoms with E-state index in [4.69, 9.17) is 0 Å². The Bertz CT molecular complexity index is 591. The highest BCUT2D eigenvalue weighted by molar-refractivity contribution is 5.61. The van der Waals surface area contributed by atoms with Gasteiger partial charge in [-0.15, -0.1) is 0 Å². The van der Waals surface area contributed by atoms with Gasteiger partial charge in [-0.2, -0.15) is 0 Å². The van der Waals surface area contributed by atoms with Gasteiger partial charge >= 0.3 is 0 Å². The van der Waals surface area contributed by atoms with Gasteiger partial charge in [-0.1, -0.05) is 52.3 Å². The summed E-state index contributed by atoms with van der Waals surface area (Å²) in [6.45, 7) is 8.76. The highest BCUT2D eigenvalue weighted by atomic mass is 16.3. The highest BCUT2D eigenvalue weighted by Crippen LogP contribution is 2.58. The van der Waals surface area contributed by atoms with Crippen molar-refractivity contribution < 1.29 is 9.90 Å². The fourth-order valence-electron chi connectivity index (χ4n) is 4.99. The van der Waals surface area contributed by atoms with Crippen molar-refractivity contribution in [1.29, 1.82) is 0 Å². The summed E-state index contributed by atoms with van der Waals surface area (Å²) >= 11 is 0. The first-order valence-corrected chi connectivity index (χ1v) is 8.60. The predicted octanol–water partition coefficient (Wildman–Crippen LogP) is 4.51. The maximum atomic E-state index is 11.8. The number of rotatable bonds is 2. The number of aliphatic hydroxyl groups excluding tert-OH is 1. The van der Waals surface area contributed by atoms with Gasteiger partial charge in [0, 0.05) is 5.41 Å². The molecule has 0 saturated heterocycles. The Balaban J connectivity index is 2.13. The number of carbonyl (C=O) groups excluding carboxylic acids is 1. The molecule has 0 amide bonds. The minimum atomic E-state index is -0.441. The Labute approximate surface area is 133 Å². The van der Waals surface area contributed by atoms with Crippen molar-refractivity contribution in [3.8, 4) is 0 Å². The molecule has 120 valence electrons. The highest BCUT2D eigenvalue weighted by Gasteiger charge is 2.53. The summed E-state index contributed by atoms with van der Waals surface area (Å²) in [5.41, 5.74) is 3.36. The molecule has 0 heterocycles. The van der Waals surface area contributed by atoms with Crippen LogP contribution < -0.4 is 0 Å². The summed E-state index contributed by atoms with van der Waals surface area (Å²) in [4.78, 5) is 11.8. The Morgan fingerprint density at radius 1 is 1.27 bits per heavy atom. The fourth-order valence-corrected chi connectivity index (χ4v) is 4.99. The molecule has 0 radical (unpaired) electrons. The predicted molar refractivity (Wildman–Crippen MR) is 89.0 cm³/mol. The van der Waals surface area contributed by atoms with Crippen LogP contribution in [0, 0.1) is 11.3 Å². The first kappa shape index (κ1) is 15.7. The first-order chi connectivity index (χ1) is 10.3. The van der Waals surface area contributed by atoms with Gasteiger partial charge in [0.1, 0.15) is 6.29 Å². The third-order valence-electron chi connectivity index (χ3n) is 6.42. The number of hydrogen-bond acceptors (Lipinski definition) is 2. The molecule has 1 N–H and O–H groups in total. The molecule has 0 aromatic heterocycles. The van der Waals surface area contributed by atoms with Crippen LogP contribution in [0.2, 0.25) is 0 Å². The lowest BCUT2D eigenvalue weighted by Gasteiger charge is -2.54. The molecule has 0 unspecified atom stereocenters. The molecule has 1 aromatic rings. The van der Waals surface area contributed by atoms with E-state index in [1.807, 2.05) is 0 Å². The van der Waals surface area contributed by atoms with Crippen LogP contribution in [0.5, 0.6) is 0 Å². The molecule has 0 spiro atoms. The zero-order valence-electron chi connectivity index (χ0n) is 14.2. The van der Waals surface area contributed by atoms with Crippen molar-refractivity contribution >= 4 is 6.29 Å². The van der Waals surface area contributed by atoms with Crippen LogP contribution in [-0.4, -0.2) is 11.4 Å². The van der Waals surface area contributed by atoms with Crippen molar-refractivity contribution in [3.63, 3.8) is 0 Å². The van der Waals surface area contributed by atoms with E-state index >= 15 is 0 Å². The topological polar surface area (TPSA) is 37.3 Å². The van der Waals surface area contributed by atoms with Gasteiger partial charge < -0.3 is 9.90 Å². The summed E-state index contributed by atoms with van der Waals surface area (Å²) in [7, 11) is 0. The van der Waals surface area contributed by atoms with E-state index < -0.39 is 6.10 Å². The summed E-state index contributed by atoms with van der Waals surface area (Å²) in [5.74, 6) is 0.702. The van der Waals surface area contributed by atoms with Gasteiger partial charge in [-0.3, -0.25) is 0 Å². The van der Waals surface area contributed by atoms with E-state index in [9.17, 15) is 9.90 Å². The monoisotopic (exact) mass is 300 g/mol. The van der Waals surface area contributed by atoms with Crippen LogP contribution in [0.25, 0.3) is 0 Å². The zero-order chi connectivity index (χ0) is 16.1. The molecule has 0 aliphatic heterocycles.